The van der Waals surface area contributed by atoms with E-state index in [1.54, 1.807) is 0 Å². The van der Waals surface area contributed by atoms with Gasteiger partial charge in [-0.1, -0.05) is 24.3 Å². The number of hydrogen-bond donors (Lipinski definition) is 1. The zero-order chi connectivity index (χ0) is 13.7. The lowest BCUT2D eigenvalue weighted by molar-refractivity contribution is -0.145. The molecule has 0 unspecified atom stereocenters. The maximum Gasteiger partial charge on any atom is 0.253 e. The molecule has 1 heterocycles. The van der Waals surface area contributed by atoms with Gasteiger partial charge in [-0.15, -0.1) is 0 Å². The molecular formula is C15H22N2O2. The van der Waals surface area contributed by atoms with Gasteiger partial charge in [0.25, 0.3) is 5.91 Å². The molecule has 19 heavy (non-hydrogen) atoms. The van der Waals surface area contributed by atoms with Gasteiger partial charge in [-0.05, 0) is 25.0 Å². The summed E-state index contributed by atoms with van der Waals surface area (Å²) < 4.78 is 5.54. The average Bonchev–Trinajstić information content (AvgIpc) is 2.47. The molecule has 4 nitrogen and oxygen atoms in total. The van der Waals surface area contributed by atoms with Crippen molar-refractivity contribution in [2.24, 2.45) is 0 Å². The number of amides is 1. The van der Waals surface area contributed by atoms with Crippen LogP contribution in [0.2, 0.25) is 0 Å². The first kappa shape index (κ1) is 14.0. The molecule has 0 radical (unpaired) electrons. The molecule has 1 saturated heterocycles. The minimum atomic E-state index is -0.335. The number of rotatable bonds is 4. The van der Waals surface area contributed by atoms with E-state index in [0.29, 0.717) is 26.2 Å². The summed E-state index contributed by atoms with van der Waals surface area (Å²) in [6, 6.07) is 8.18. The lowest BCUT2D eigenvalue weighted by Gasteiger charge is -2.29. The van der Waals surface area contributed by atoms with E-state index in [1.807, 2.05) is 24.0 Å². The number of likely N-dealkylation sites (N-methyl/N-ethyl adjacent to an activating group) is 1. The molecule has 1 atom stereocenters. The zero-order valence-electron chi connectivity index (χ0n) is 11.7. The number of nitrogens with one attached hydrogen (secondary N) is 1. The van der Waals surface area contributed by atoms with Crippen LogP contribution >= 0.6 is 0 Å². The fourth-order valence-corrected chi connectivity index (χ4v) is 2.27. The van der Waals surface area contributed by atoms with Gasteiger partial charge in [-0.2, -0.15) is 0 Å². The fourth-order valence-electron chi connectivity index (χ4n) is 2.27. The summed E-state index contributed by atoms with van der Waals surface area (Å²) in [5.74, 6) is 0.0814. The topological polar surface area (TPSA) is 41.6 Å². The highest BCUT2D eigenvalue weighted by Gasteiger charge is 2.26. The first-order chi connectivity index (χ1) is 9.22. The highest BCUT2D eigenvalue weighted by atomic mass is 16.5. The number of nitrogens with zero attached hydrogens (tertiary/aromatic N) is 1. The Morgan fingerprint density at radius 1 is 1.47 bits per heavy atom. The van der Waals surface area contributed by atoms with Crippen LogP contribution in [0.4, 0.5) is 0 Å². The summed E-state index contributed by atoms with van der Waals surface area (Å²) >= 11 is 0. The molecule has 1 aliphatic heterocycles. The van der Waals surface area contributed by atoms with Gasteiger partial charge in [-0.25, -0.2) is 0 Å². The first-order valence-corrected chi connectivity index (χ1v) is 6.88. The molecule has 2 rings (SSSR count). The maximum atomic E-state index is 12.4. The highest BCUT2D eigenvalue weighted by molar-refractivity contribution is 5.81. The molecule has 1 fully saturated rings. The third-order valence-corrected chi connectivity index (χ3v) is 3.52. The summed E-state index contributed by atoms with van der Waals surface area (Å²) in [5, 5.41) is 3.20. The molecule has 0 aromatic heterocycles. The van der Waals surface area contributed by atoms with E-state index in [4.69, 9.17) is 4.74 Å². The Morgan fingerprint density at radius 2 is 2.26 bits per heavy atom. The number of benzene rings is 1. The molecule has 104 valence electrons. The van der Waals surface area contributed by atoms with Crippen LogP contribution in [-0.4, -0.2) is 43.2 Å². The average molecular weight is 262 g/mol. The molecule has 0 spiro atoms. The van der Waals surface area contributed by atoms with E-state index in [0.717, 1.165) is 6.54 Å². The molecule has 1 aromatic carbocycles. The van der Waals surface area contributed by atoms with Gasteiger partial charge in [0.1, 0.15) is 6.10 Å². The predicted octanol–water partition coefficient (Wildman–Crippen LogP) is 1.33. The van der Waals surface area contributed by atoms with Crippen molar-refractivity contribution in [3.8, 4) is 0 Å². The van der Waals surface area contributed by atoms with Crippen LogP contribution in [-0.2, 0) is 16.1 Å². The van der Waals surface area contributed by atoms with Crippen LogP contribution in [0.15, 0.2) is 24.3 Å². The van der Waals surface area contributed by atoms with E-state index >= 15 is 0 Å². The number of hydrogen-bond acceptors (Lipinski definition) is 3. The lowest BCUT2D eigenvalue weighted by Crippen LogP contribution is -2.49. The number of aryl methyl sites for hydroxylation is 1. The van der Waals surface area contributed by atoms with Crippen molar-refractivity contribution >= 4 is 5.91 Å². The van der Waals surface area contributed by atoms with Crippen molar-refractivity contribution in [2.75, 3.05) is 26.2 Å². The van der Waals surface area contributed by atoms with Crippen molar-refractivity contribution in [1.82, 2.24) is 10.2 Å². The van der Waals surface area contributed by atoms with Crippen molar-refractivity contribution < 1.29 is 9.53 Å². The fraction of sp³-hybridized carbons (Fsp3) is 0.533. The van der Waals surface area contributed by atoms with Crippen LogP contribution in [0.3, 0.4) is 0 Å². The first-order valence-electron chi connectivity index (χ1n) is 6.88. The number of ether oxygens (including phenoxy) is 1. The summed E-state index contributed by atoms with van der Waals surface area (Å²) in [5.41, 5.74) is 2.41. The van der Waals surface area contributed by atoms with Crippen LogP contribution < -0.4 is 5.32 Å². The summed E-state index contributed by atoms with van der Waals surface area (Å²) in [6.07, 6.45) is -0.335. The second kappa shape index (κ2) is 6.68. The van der Waals surface area contributed by atoms with E-state index in [1.165, 1.54) is 11.1 Å². The summed E-state index contributed by atoms with van der Waals surface area (Å²) in [6.45, 7) is 7.49. The van der Waals surface area contributed by atoms with Crippen LogP contribution in [0, 0.1) is 6.92 Å². The van der Waals surface area contributed by atoms with Crippen molar-refractivity contribution in [3.63, 3.8) is 0 Å². The minimum Gasteiger partial charge on any atom is -0.366 e. The third kappa shape index (κ3) is 3.55. The van der Waals surface area contributed by atoms with Crippen molar-refractivity contribution in [3.05, 3.63) is 35.4 Å². The molecule has 1 amide bonds. The smallest absolute Gasteiger partial charge is 0.253 e. The van der Waals surface area contributed by atoms with Crippen LogP contribution in [0.5, 0.6) is 0 Å². The number of carbonyl (C=O) groups excluding carboxylic acids is 1. The molecular weight excluding hydrogens is 240 g/mol. The summed E-state index contributed by atoms with van der Waals surface area (Å²) in [4.78, 5) is 14.3. The van der Waals surface area contributed by atoms with Crippen LogP contribution in [0.25, 0.3) is 0 Å². The normalized spacial score (nSPS) is 19.2. The Kier molecular flexibility index (Phi) is 4.93. The largest absolute Gasteiger partial charge is 0.366 e. The second-order valence-electron chi connectivity index (χ2n) is 4.84. The predicted molar refractivity (Wildman–Crippen MR) is 74.9 cm³/mol. The zero-order valence-corrected chi connectivity index (χ0v) is 11.7. The molecule has 1 aromatic rings. The Bertz CT molecular complexity index is 428. The lowest BCUT2D eigenvalue weighted by atomic mass is 10.1. The molecule has 0 bridgehead atoms. The Balaban J connectivity index is 2.03. The van der Waals surface area contributed by atoms with Crippen molar-refractivity contribution in [1.29, 1.82) is 0 Å². The van der Waals surface area contributed by atoms with Gasteiger partial charge in [0.2, 0.25) is 0 Å². The van der Waals surface area contributed by atoms with E-state index < -0.39 is 0 Å². The molecule has 1 aliphatic rings. The second-order valence-corrected chi connectivity index (χ2v) is 4.84. The Labute approximate surface area is 114 Å². The molecule has 0 saturated carbocycles. The van der Waals surface area contributed by atoms with Gasteiger partial charge < -0.3 is 15.0 Å². The third-order valence-electron chi connectivity index (χ3n) is 3.52. The van der Waals surface area contributed by atoms with E-state index in [2.05, 4.69) is 24.4 Å². The Morgan fingerprint density at radius 3 is 2.89 bits per heavy atom. The van der Waals surface area contributed by atoms with E-state index in [-0.39, 0.29) is 12.0 Å². The molecule has 4 heteroatoms. The number of morpholine rings is 1. The van der Waals surface area contributed by atoms with Crippen molar-refractivity contribution in [2.45, 2.75) is 26.5 Å². The SMILES string of the molecule is CCN(Cc1ccccc1C)C(=O)[C@@H]1CNCCO1. The Hall–Kier alpha value is -1.39. The minimum absolute atomic E-state index is 0.0814. The van der Waals surface area contributed by atoms with Gasteiger partial charge >= 0.3 is 0 Å². The monoisotopic (exact) mass is 262 g/mol. The maximum absolute atomic E-state index is 12.4. The molecule has 0 aliphatic carbocycles. The summed E-state index contributed by atoms with van der Waals surface area (Å²) in [7, 11) is 0. The van der Waals surface area contributed by atoms with Gasteiger partial charge in [-0.3, -0.25) is 4.79 Å². The quantitative estimate of drug-likeness (QED) is 0.890. The number of carbonyl (C=O) groups is 1. The van der Waals surface area contributed by atoms with E-state index in [9.17, 15) is 4.79 Å². The highest BCUT2D eigenvalue weighted by Crippen LogP contribution is 2.12. The van der Waals surface area contributed by atoms with Gasteiger partial charge in [0, 0.05) is 26.2 Å². The standard InChI is InChI=1S/C15H22N2O2/c1-3-17(11-13-7-5-4-6-12(13)2)15(18)14-10-16-8-9-19-14/h4-7,14,16H,3,8-11H2,1-2H3/t14-/m0/s1. The van der Waals surface area contributed by atoms with Crippen LogP contribution in [0.1, 0.15) is 18.1 Å². The molecule has 1 N–H and O–H groups in total. The van der Waals surface area contributed by atoms with Gasteiger partial charge in [0.15, 0.2) is 0 Å². The van der Waals surface area contributed by atoms with Gasteiger partial charge in [0.05, 0.1) is 6.61 Å².